The highest BCUT2D eigenvalue weighted by atomic mass is 16.6. The second-order valence-electron chi connectivity index (χ2n) is 5.40. The maximum Gasteiger partial charge on any atom is 0.350 e. The van der Waals surface area contributed by atoms with Crippen LogP contribution in [-0.4, -0.2) is 24.1 Å². The molecule has 0 aromatic carbocycles. The van der Waals surface area contributed by atoms with Crippen molar-refractivity contribution < 1.29 is 19.1 Å². The summed E-state index contributed by atoms with van der Waals surface area (Å²) in [7, 11) is 0. The molecule has 17 heavy (non-hydrogen) atoms. The minimum Gasteiger partial charge on any atom is -0.463 e. The van der Waals surface area contributed by atoms with E-state index >= 15 is 0 Å². The normalized spacial score (nSPS) is 11.8. The quantitative estimate of drug-likeness (QED) is 0.674. The van der Waals surface area contributed by atoms with Crippen molar-refractivity contribution in [1.29, 1.82) is 0 Å². The molecule has 4 nitrogen and oxygen atoms in total. The van der Waals surface area contributed by atoms with Crippen molar-refractivity contribution in [2.75, 3.05) is 6.61 Å². The number of esters is 2. The fourth-order valence-electron chi connectivity index (χ4n) is 0.972. The van der Waals surface area contributed by atoms with Gasteiger partial charge in [-0.1, -0.05) is 27.7 Å². The largest absolute Gasteiger partial charge is 0.463 e. The lowest BCUT2D eigenvalue weighted by Gasteiger charge is -2.24. The number of rotatable bonds is 6. The molecule has 0 saturated heterocycles. The Morgan fingerprint density at radius 2 is 1.65 bits per heavy atom. The Morgan fingerprint density at radius 3 is 2.06 bits per heavy atom. The molecule has 0 rings (SSSR count). The summed E-state index contributed by atoms with van der Waals surface area (Å²) >= 11 is 0. The Labute approximate surface area is 104 Å². The summed E-state index contributed by atoms with van der Waals surface area (Å²) in [5.74, 6) is -0.662. The fraction of sp³-hybridized carbons (Fsp3) is 0.846. The topological polar surface area (TPSA) is 52.6 Å². The van der Waals surface area contributed by atoms with Gasteiger partial charge in [0.05, 0.1) is 12.5 Å². The summed E-state index contributed by atoms with van der Waals surface area (Å²) < 4.78 is 10.2. The average Bonchev–Trinajstić information content (AvgIpc) is 2.15. The first-order valence-corrected chi connectivity index (χ1v) is 6.07. The van der Waals surface area contributed by atoms with Gasteiger partial charge in [-0.2, -0.15) is 0 Å². The van der Waals surface area contributed by atoms with E-state index in [1.54, 1.807) is 27.7 Å². The minimum absolute atomic E-state index is 0.252. The second-order valence-corrected chi connectivity index (χ2v) is 5.40. The molecule has 0 aromatic heterocycles. The molecule has 0 aliphatic heterocycles. The first-order valence-electron chi connectivity index (χ1n) is 6.07. The van der Waals surface area contributed by atoms with Crippen LogP contribution in [0, 0.1) is 11.8 Å². The Bertz CT molecular complexity index is 267. The summed E-state index contributed by atoms with van der Waals surface area (Å²) in [6, 6.07) is 0. The number of ether oxygens (including phenoxy) is 2. The molecule has 0 saturated carbocycles. The van der Waals surface area contributed by atoms with E-state index in [1.165, 1.54) is 0 Å². The molecule has 0 radical (unpaired) electrons. The third kappa shape index (κ3) is 6.29. The predicted octanol–water partition coefficient (Wildman–Crippen LogP) is 2.55. The summed E-state index contributed by atoms with van der Waals surface area (Å²) in [6.07, 6.45) is 0.806. The number of carbonyl (C=O) groups is 2. The van der Waals surface area contributed by atoms with Crippen molar-refractivity contribution in [3.05, 3.63) is 0 Å². The average molecular weight is 244 g/mol. The molecule has 0 spiro atoms. The standard InChI is InChI=1S/C13H24O4/c1-9(2)7-8-16-12(15)13(5,6)17-11(14)10(3)4/h9-10H,7-8H2,1-6H3. The van der Waals surface area contributed by atoms with E-state index in [-0.39, 0.29) is 5.92 Å². The van der Waals surface area contributed by atoms with Crippen LogP contribution >= 0.6 is 0 Å². The first kappa shape index (κ1) is 15.9. The Hall–Kier alpha value is -1.06. The van der Waals surface area contributed by atoms with Crippen LogP contribution in [0.4, 0.5) is 0 Å². The summed E-state index contributed by atoms with van der Waals surface area (Å²) in [4.78, 5) is 23.1. The van der Waals surface area contributed by atoms with Crippen LogP contribution < -0.4 is 0 Å². The maximum absolute atomic E-state index is 11.7. The van der Waals surface area contributed by atoms with Gasteiger partial charge in [0, 0.05) is 0 Å². The second kappa shape index (κ2) is 6.62. The molecule has 100 valence electrons. The predicted molar refractivity (Wildman–Crippen MR) is 65.4 cm³/mol. The van der Waals surface area contributed by atoms with Gasteiger partial charge in [0.1, 0.15) is 0 Å². The van der Waals surface area contributed by atoms with Gasteiger partial charge in [-0.15, -0.1) is 0 Å². The van der Waals surface area contributed by atoms with Crippen LogP contribution in [-0.2, 0) is 19.1 Å². The van der Waals surface area contributed by atoms with Crippen molar-refractivity contribution in [3.63, 3.8) is 0 Å². The zero-order valence-electron chi connectivity index (χ0n) is 11.7. The molecule has 0 amide bonds. The minimum atomic E-state index is -1.21. The molecular formula is C13H24O4. The molecule has 0 atom stereocenters. The SMILES string of the molecule is CC(C)CCOC(=O)C(C)(C)OC(=O)C(C)C. The van der Waals surface area contributed by atoms with Crippen LogP contribution in [0.3, 0.4) is 0 Å². The molecule has 4 heteroatoms. The third-order valence-electron chi connectivity index (χ3n) is 2.25. The summed E-state index contributed by atoms with van der Waals surface area (Å²) in [6.45, 7) is 11.0. The van der Waals surface area contributed by atoms with Gasteiger partial charge >= 0.3 is 11.9 Å². The molecule has 0 aliphatic rings. The lowest BCUT2D eigenvalue weighted by Crippen LogP contribution is -2.40. The summed E-state index contributed by atoms with van der Waals surface area (Å²) in [5, 5.41) is 0. The van der Waals surface area contributed by atoms with Crippen LogP contribution in [0.15, 0.2) is 0 Å². The van der Waals surface area contributed by atoms with Gasteiger partial charge in [0.2, 0.25) is 5.60 Å². The van der Waals surface area contributed by atoms with Gasteiger partial charge in [-0.3, -0.25) is 4.79 Å². The summed E-state index contributed by atoms with van der Waals surface area (Å²) in [5.41, 5.74) is -1.21. The van der Waals surface area contributed by atoms with Crippen LogP contribution in [0.2, 0.25) is 0 Å². The van der Waals surface area contributed by atoms with Crippen molar-refractivity contribution >= 4 is 11.9 Å². The monoisotopic (exact) mass is 244 g/mol. The molecule has 0 aliphatic carbocycles. The van der Waals surface area contributed by atoms with E-state index in [9.17, 15) is 9.59 Å². The van der Waals surface area contributed by atoms with Crippen LogP contribution in [0.25, 0.3) is 0 Å². The van der Waals surface area contributed by atoms with Gasteiger partial charge in [-0.25, -0.2) is 4.79 Å². The lowest BCUT2D eigenvalue weighted by molar-refractivity contribution is -0.180. The molecular weight excluding hydrogens is 220 g/mol. The molecule has 0 aromatic rings. The van der Waals surface area contributed by atoms with Gasteiger partial charge in [-0.05, 0) is 26.2 Å². The molecule has 0 N–H and O–H groups in total. The zero-order valence-corrected chi connectivity index (χ0v) is 11.7. The van der Waals surface area contributed by atoms with E-state index in [4.69, 9.17) is 9.47 Å². The van der Waals surface area contributed by atoms with E-state index < -0.39 is 17.5 Å². The maximum atomic E-state index is 11.7. The van der Waals surface area contributed by atoms with Gasteiger partial charge < -0.3 is 9.47 Å². The van der Waals surface area contributed by atoms with E-state index in [1.807, 2.05) is 0 Å². The fourth-order valence-corrected chi connectivity index (χ4v) is 0.972. The number of hydrogen-bond donors (Lipinski definition) is 0. The van der Waals surface area contributed by atoms with E-state index in [0.717, 1.165) is 6.42 Å². The van der Waals surface area contributed by atoms with Crippen molar-refractivity contribution in [3.8, 4) is 0 Å². The highest BCUT2D eigenvalue weighted by Gasteiger charge is 2.34. The zero-order chi connectivity index (χ0) is 13.6. The number of hydrogen-bond acceptors (Lipinski definition) is 4. The molecule has 0 bridgehead atoms. The first-order chi connectivity index (χ1) is 7.66. The molecule has 0 heterocycles. The Morgan fingerprint density at radius 1 is 1.12 bits per heavy atom. The van der Waals surface area contributed by atoms with Gasteiger partial charge in [0.15, 0.2) is 0 Å². The van der Waals surface area contributed by atoms with Crippen molar-refractivity contribution in [2.45, 2.75) is 53.6 Å². The van der Waals surface area contributed by atoms with Crippen molar-refractivity contribution in [2.24, 2.45) is 11.8 Å². The lowest BCUT2D eigenvalue weighted by atomic mass is 10.1. The third-order valence-corrected chi connectivity index (χ3v) is 2.25. The molecule has 0 unspecified atom stereocenters. The smallest absolute Gasteiger partial charge is 0.350 e. The van der Waals surface area contributed by atoms with Crippen LogP contribution in [0.1, 0.15) is 48.0 Å². The highest BCUT2D eigenvalue weighted by molar-refractivity contribution is 5.83. The van der Waals surface area contributed by atoms with E-state index in [2.05, 4.69) is 13.8 Å². The van der Waals surface area contributed by atoms with Crippen molar-refractivity contribution in [1.82, 2.24) is 0 Å². The number of carbonyl (C=O) groups excluding carboxylic acids is 2. The Balaban J connectivity index is 4.20. The Kier molecular flexibility index (Phi) is 6.21. The highest BCUT2D eigenvalue weighted by Crippen LogP contribution is 2.15. The van der Waals surface area contributed by atoms with E-state index in [0.29, 0.717) is 12.5 Å². The van der Waals surface area contributed by atoms with Gasteiger partial charge in [0.25, 0.3) is 0 Å². The molecule has 0 fully saturated rings. The van der Waals surface area contributed by atoms with Crippen LogP contribution in [0.5, 0.6) is 0 Å².